The molecule has 0 aromatic rings. The molecule has 0 spiro atoms. The van der Waals surface area contributed by atoms with E-state index >= 15 is 0 Å². The summed E-state index contributed by atoms with van der Waals surface area (Å²) in [7, 11) is 1.72. The molecule has 2 aliphatic rings. The molecule has 0 heterocycles. The Morgan fingerprint density at radius 1 is 1.31 bits per heavy atom. The molecule has 2 saturated carbocycles. The quantitative estimate of drug-likeness (QED) is 0.771. The lowest BCUT2D eigenvalue weighted by atomic mass is 9.54. The molecule has 3 heteroatoms. The van der Waals surface area contributed by atoms with Gasteiger partial charge in [-0.25, -0.2) is 0 Å². The minimum Gasteiger partial charge on any atom is -0.389 e. The van der Waals surface area contributed by atoms with E-state index in [1.165, 1.54) is 12.8 Å². The highest BCUT2D eigenvalue weighted by molar-refractivity contribution is 5.09. The number of rotatable bonds is 3. The van der Waals surface area contributed by atoms with Crippen molar-refractivity contribution in [2.45, 2.75) is 57.2 Å². The van der Waals surface area contributed by atoms with Crippen LogP contribution in [0.25, 0.3) is 0 Å². The Bertz CT molecular complexity index is 240. The molecule has 94 valence electrons. The monoisotopic (exact) mass is 227 g/mol. The molecular formula is C13H25NO2. The molecule has 0 radical (unpaired) electrons. The van der Waals surface area contributed by atoms with Gasteiger partial charge in [0.25, 0.3) is 0 Å². The number of aliphatic hydroxyl groups is 1. The summed E-state index contributed by atoms with van der Waals surface area (Å²) in [5.74, 6) is 0.793. The van der Waals surface area contributed by atoms with E-state index in [-0.39, 0.29) is 11.5 Å². The topological polar surface area (TPSA) is 55.5 Å². The van der Waals surface area contributed by atoms with E-state index < -0.39 is 5.60 Å². The number of methoxy groups -OCH3 is 1. The Morgan fingerprint density at radius 3 is 2.31 bits per heavy atom. The predicted octanol–water partition coefficient (Wildman–Crippen LogP) is 1.68. The van der Waals surface area contributed by atoms with Gasteiger partial charge >= 0.3 is 0 Å². The zero-order chi connectivity index (χ0) is 11.8. The van der Waals surface area contributed by atoms with Crippen molar-refractivity contribution in [1.29, 1.82) is 0 Å². The highest BCUT2D eigenvalue weighted by Crippen LogP contribution is 2.54. The van der Waals surface area contributed by atoms with Crippen LogP contribution < -0.4 is 5.73 Å². The molecule has 0 unspecified atom stereocenters. The number of hydrogen-bond acceptors (Lipinski definition) is 3. The van der Waals surface area contributed by atoms with Crippen LogP contribution in [0.5, 0.6) is 0 Å². The van der Waals surface area contributed by atoms with E-state index in [0.717, 1.165) is 31.6 Å². The van der Waals surface area contributed by atoms with Crippen molar-refractivity contribution in [3.8, 4) is 0 Å². The van der Waals surface area contributed by atoms with E-state index in [1.807, 2.05) is 0 Å². The third kappa shape index (κ3) is 1.79. The van der Waals surface area contributed by atoms with Gasteiger partial charge in [-0.05, 0) is 18.8 Å². The maximum Gasteiger partial charge on any atom is 0.0765 e. The minimum atomic E-state index is -0.553. The first-order valence-corrected chi connectivity index (χ1v) is 6.50. The number of hydrogen-bond donors (Lipinski definition) is 2. The summed E-state index contributed by atoms with van der Waals surface area (Å²) in [5, 5.41) is 10.7. The third-order valence-corrected chi connectivity index (χ3v) is 5.07. The molecule has 2 aliphatic carbocycles. The largest absolute Gasteiger partial charge is 0.389 e. The van der Waals surface area contributed by atoms with Crippen molar-refractivity contribution in [2.24, 2.45) is 17.1 Å². The van der Waals surface area contributed by atoms with Crippen molar-refractivity contribution in [3.05, 3.63) is 0 Å². The second-order valence-electron chi connectivity index (χ2n) is 5.96. The average molecular weight is 227 g/mol. The lowest BCUT2D eigenvalue weighted by Gasteiger charge is -2.57. The second kappa shape index (κ2) is 4.28. The second-order valence-corrected chi connectivity index (χ2v) is 5.96. The molecule has 0 bridgehead atoms. The lowest BCUT2D eigenvalue weighted by molar-refractivity contribution is -0.205. The first-order valence-electron chi connectivity index (χ1n) is 6.50. The fourth-order valence-corrected chi connectivity index (χ4v) is 3.47. The maximum atomic E-state index is 10.7. The van der Waals surface area contributed by atoms with Gasteiger partial charge in [-0.2, -0.15) is 0 Å². The molecular weight excluding hydrogens is 202 g/mol. The van der Waals surface area contributed by atoms with Crippen LogP contribution >= 0.6 is 0 Å². The molecule has 0 aromatic heterocycles. The zero-order valence-electron chi connectivity index (χ0n) is 10.5. The fourth-order valence-electron chi connectivity index (χ4n) is 3.47. The predicted molar refractivity (Wildman–Crippen MR) is 64.1 cm³/mol. The van der Waals surface area contributed by atoms with Crippen LogP contribution in [0.15, 0.2) is 0 Å². The fraction of sp³-hybridized carbons (Fsp3) is 1.00. The van der Waals surface area contributed by atoms with Crippen LogP contribution in [-0.4, -0.2) is 30.5 Å². The molecule has 2 fully saturated rings. The SMILES string of the molecule is COC1CC(O)(C2(CN)CCC(C)CC2)C1. The Kier molecular flexibility index (Phi) is 3.30. The molecule has 16 heavy (non-hydrogen) atoms. The zero-order valence-corrected chi connectivity index (χ0v) is 10.5. The highest BCUT2D eigenvalue weighted by Gasteiger charge is 2.57. The Balaban J connectivity index is 2.05. The van der Waals surface area contributed by atoms with Crippen LogP contribution in [0.1, 0.15) is 45.4 Å². The number of nitrogens with two attached hydrogens (primary N) is 1. The minimum absolute atomic E-state index is 0.0332. The Labute approximate surface area is 98.4 Å². The summed E-state index contributed by atoms with van der Waals surface area (Å²) < 4.78 is 5.28. The van der Waals surface area contributed by atoms with Crippen molar-refractivity contribution in [1.82, 2.24) is 0 Å². The van der Waals surface area contributed by atoms with Crippen molar-refractivity contribution >= 4 is 0 Å². The average Bonchev–Trinajstić information content (AvgIpc) is 2.26. The van der Waals surface area contributed by atoms with Gasteiger partial charge in [0.05, 0.1) is 11.7 Å². The summed E-state index contributed by atoms with van der Waals surface area (Å²) in [6.45, 7) is 2.91. The maximum absolute atomic E-state index is 10.7. The standard InChI is InChI=1S/C13H25NO2/c1-10-3-5-12(9-14,6-4-10)13(15)7-11(8-13)16-2/h10-11,15H,3-9,14H2,1-2H3. The van der Waals surface area contributed by atoms with Gasteiger partial charge in [0.2, 0.25) is 0 Å². The molecule has 0 aromatic carbocycles. The summed E-state index contributed by atoms with van der Waals surface area (Å²) in [5.41, 5.74) is 5.38. The van der Waals surface area contributed by atoms with E-state index in [2.05, 4.69) is 6.92 Å². The van der Waals surface area contributed by atoms with Crippen molar-refractivity contribution < 1.29 is 9.84 Å². The molecule has 0 aliphatic heterocycles. The molecule has 0 atom stereocenters. The molecule has 0 amide bonds. The van der Waals surface area contributed by atoms with Crippen LogP contribution in [0.2, 0.25) is 0 Å². The summed E-state index contributed by atoms with van der Waals surface area (Å²) in [6, 6.07) is 0. The first kappa shape index (κ1) is 12.3. The molecule has 3 nitrogen and oxygen atoms in total. The van der Waals surface area contributed by atoms with Gasteiger partial charge in [0.15, 0.2) is 0 Å². The van der Waals surface area contributed by atoms with Gasteiger partial charge < -0.3 is 15.6 Å². The normalized spacial score (nSPS) is 48.8. The van der Waals surface area contributed by atoms with Gasteiger partial charge in [-0.3, -0.25) is 0 Å². The van der Waals surface area contributed by atoms with Gasteiger partial charge in [0.1, 0.15) is 0 Å². The lowest BCUT2D eigenvalue weighted by Crippen LogP contribution is -2.62. The van der Waals surface area contributed by atoms with Crippen molar-refractivity contribution in [3.63, 3.8) is 0 Å². The smallest absolute Gasteiger partial charge is 0.0765 e. The van der Waals surface area contributed by atoms with Gasteiger partial charge in [-0.15, -0.1) is 0 Å². The molecule has 3 N–H and O–H groups in total. The van der Waals surface area contributed by atoms with Crippen LogP contribution in [-0.2, 0) is 4.74 Å². The van der Waals surface area contributed by atoms with E-state index in [0.29, 0.717) is 6.54 Å². The Morgan fingerprint density at radius 2 is 1.88 bits per heavy atom. The van der Waals surface area contributed by atoms with Crippen LogP contribution in [0.4, 0.5) is 0 Å². The van der Waals surface area contributed by atoms with Crippen LogP contribution in [0.3, 0.4) is 0 Å². The summed E-state index contributed by atoms with van der Waals surface area (Å²) in [4.78, 5) is 0. The number of ether oxygens (including phenoxy) is 1. The van der Waals surface area contributed by atoms with E-state index in [9.17, 15) is 5.11 Å². The van der Waals surface area contributed by atoms with Crippen molar-refractivity contribution in [2.75, 3.05) is 13.7 Å². The summed E-state index contributed by atoms with van der Waals surface area (Å²) >= 11 is 0. The Hall–Kier alpha value is -0.120. The molecule has 2 rings (SSSR count). The van der Waals surface area contributed by atoms with Gasteiger partial charge in [-0.1, -0.05) is 19.8 Å². The van der Waals surface area contributed by atoms with E-state index in [4.69, 9.17) is 10.5 Å². The first-order chi connectivity index (χ1) is 7.55. The van der Waals surface area contributed by atoms with Crippen LogP contribution in [0, 0.1) is 11.3 Å². The highest BCUT2D eigenvalue weighted by atomic mass is 16.5. The van der Waals surface area contributed by atoms with Gasteiger partial charge in [0, 0.05) is 31.9 Å². The third-order valence-electron chi connectivity index (χ3n) is 5.07. The summed E-state index contributed by atoms with van der Waals surface area (Å²) in [6.07, 6.45) is 6.36. The molecule has 0 saturated heterocycles. The van der Waals surface area contributed by atoms with E-state index in [1.54, 1.807) is 7.11 Å².